The lowest BCUT2D eigenvalue weighted by atomic mass is 10.1. The number of rotatable bonds is 4. The molecule has 0 aromatic carbocycles. The van der Waals surface area contributed by atoms with E-state index in [2.05, 4.69) is 11.6 Å². The number of aliphatic hydroxyl groups is 1. The molecule has 0 bridgehead atoms. The van der Waals surface area contributed by atoms with Gasteiger partial charge in [-0.2, -0.15) is 0 Å². The van der Waals surface area contributed by atoms with E-state index < -0.39 is 6.67 Å². The molecule has 0 aliphatic rings. The Hall–Kier alpha value is -1.58. The molecule has 2 nitrogen and oxygen atoms in total. The van der Waals surface area contributed by atoms with Crippen molar-refractivity contribution in [1.82, 2.24) is 4.98 Å². The third kappa shape index (κ3) is 2.72. The summed E-state index contributed by atoms with van der Waals surface area (Å²) in [5.74, 6) is -0.789. The predicted octanol–water partition coefficient (Wildman–Crippen LogP) is 3.98. The van der Waals surface area contributed by atoms with Crippen molar-refractivity contribution < 1.29 is 13.9 Å². The van der Waals surface area contributed by atoms with Crippen molar-refractivity contribution in [2.75, 3.05) is 0 Å². The second kappa shape index (κ2) is 4.96. The Labute approximate surface area is 93.3 Å². The topological polar surface area (TPSA) is 36.0 Å². The highest BCUT2D eigenvalue weighted by atomic mass is 19.1. The summed E-state index contributed by atoms with van der Waals surface area (Å²) < 4.78 is 26.0. The SMILES string of the molecule is C=C(O)c1cc(CF)c(/C=C(/F)C(C)C)[nH]1. The van der Waals surface area contributed by atoms with Crippen molar-refractivity contribution >= 4 is 11.8 Å². The molecule has 4 heteroatoms. The van der Waals surface area contributed by atoms with E-state index in [9.17, 15) is 8.78 Å². The van der Waals surface area contributed by atoms with Crippen LogP contribution in [0.4, 0.5) is 8.78 Å². The van der Waals surface area contributed by atoms with Gasteiger partial charge in [0.2, 0.25) is 0 Å². The summed E-state index contributed by atoms with van der Waals surface area (Å²) in [6, 6.07) is 1.42. The van der Waals surface area contributed by atoms with Gasteiger partial charge in [0, 0.05) is 17.2 Å². The Bertz CT molecular complexity index is 419. The molecule has 0 saturated heterocycles. The van der Waals surface area contributed by atoms with Crippen LogP contribution in [-0.2, 0) is 6.67 Å². The minimum atomic E-state index is -0.721. The molecule has 0 unspecified atom stereocenters. The van der Waals surface area contributed by atoms with Crippen molar-refractivity contribution in [1.29, 1.82) is 0 Å². The normalized spacial score (nSPS) is 12.2. The van der Waals surface area contributed by atoms with Crippen LogP contribution in [0.25, 0.3) is 11.8 Å². The van der Waals surface area contributed by atoms with E-state index in [1.54, 1.807) is 13.8 Å². The number of aromatic amines is 1. The molecule has 0 radical (unpaired) electrons. The van der Waals surface area contributed by atoms with Crippen LogP contribution in [0.1, 0.15) is 30.8 Å². The van der Waals surface area contributed by atoms with Crippen molar-refractivity contribution in [3.63, 3.8) is 0 Å². The summed E-state index contributed by atoms with van der Waals surface area (Å²) >= 11 is 0. The van der Waals surface area contributed by atoms with Crippen LogP contribution in [0.15, 0.2) is 18.5 Å². The van der Waals surface area contributed by atoms with Crippen LogP contribution in [0, 0.1) is 5.92 Å². The van der Waals surface area contributed by atoms with E-state index in [1.165, 1.54) is 12.1 Å². The first kappa shape index (κ1) is 12.5. The molecule has 0 aliphatic carbocycles. The Balaban J connectivity index is 3.12. The standard InChI is InChI=1S/C12H15F2NO/c1-7(2)10(14)5-12-9(6-13)4-11(15-12)8(3)16/h4-5,7,15-16H,3,6H2,1-2H3/b10-5+. The van der Waals surface area contributed by atoms with Gasteiger partial charge in [-0.3, -0.25) is 0 Å². The number of aromatic nitrogens is 1. The molecule has 2 N–H and O–H groups in total. The third-order valence-electron chi connectivity index (χ3n) is 2.22. The van der Waals surface area contributed by atoms with Gasteiger partial charge in [0.25, 0.3) is 0 Å². The van der Waals surface area contributed by atoms with Crippen LogP contribution in [0.3, 0.4) is 0 Å². The first-order chi connectivity index (χ1) is 7.45. The minimum absolute atomic E-state index is 0.195. The quantitative estimate of drug-likeness (QED) is 0.750. The molecular weight excluding hydrogens is 212 g/mol. The maximum Gasteiger partial charge on any atom is 0.131 e. The third-order valence-corrected chi connectivity index (χ3v) is 2.22. The molecule has 1 aromatic heterocycles. The molecular formula is C12H15F2NO. The highest BCUT2D eigenvalue weighted by molar-refractivity contribution is 5.60. The van der Waals surface area contributed by atoms with Gasteiger partial charge in [0.1, 0.15) is 18.3 Å². The van der Waals surface area contributed by atoms with Gasteiger partial charge in [0.15, 0.2) is 0 Å². The number of hydrogen-bond donors (Lipinski definition) is 2. The zero-order valence-electron chi connectivity index (χ0n) is 9.35. The Morgan fingerprint density at radius 3 is 2.69 bits per heavy atom. The largest absolute Gasteiger partial charge is 0.506 e. The fourth-order valence-electron chi connectivity index (χ4n) is 1.21. The maximum absolute atomic E-state index is 13.4. The van der Waals surface area contributed by atoms with Gasteiger partial charge >= 0.3 is 0 Å². The second-order valence-corrected chi connectivity index (χ2v) is 3.89. The molecule has 0 fully saturated rings. The first-order valence-electron chi connectivity index (χ1n) is 4.99. The molecule has 16 heavy (non-hydrogen) atoms. The maximum atomic E-state index is 13.4. The van der Waals surface area contributed by atoms with Crippen molar-refractivity contribution in [2.45, 2.75) is 20.5 Å². The average Bonchev–Trinajstić information content (AvgIpc) is 2.60. The van der Waals surface area contributed by atoms with Crippen molar-refractivity contribution in [3.05, 3.63) is 35.4 Å². The van der Waals surface area contributed by atoms with Gasteiger partial charge < -0.3 is 10.1 Å². The lowest BCUT2D eigenvalue weighted by molar-refractivity contribution is 0.484. The Morgan fingerprint density at radius 2 is 2.25 bits per heavy atom. The Morgan fingerprint density at radius 1 is 1.62 bits per heavy atom. The number of allylic oxidation sites excluding steroid dienone is 1. The fraction of sp³-hybridized carbons (Fsp3) is 0.333. The molecule has 1 aromatic rings. The van der Waals surface area contributed by atoms with E-state index in [-0.39, 0.29) is 17.5 Å². The smallest absolute Gasteiger partial charge is 0.131 e. The monoisotopic (exact) mass is 227 g/mol. The molecule has 1 heterocycles. The molecule has 0 saturated carbocycles. The molecule has 0 aliphatic heterocycles. The number of alkyl halides is 1. The summed E-state index contributed by atoms with van der Waals surface area (Å²) in [5.41, 5.74) is 0.940. The summed E-state index contributed by atoms with van der Waals surface area (Å²) in [4.78, 5) is 2.71. The van der Waals surface area contributed by atoms with E-state index in [4.69, 9.17) is 5.11 Å². The number of hydrogen-bond acceptors (Lipinski definition) is 1. The fourth-order valence-corrected chi connectivity index (χ4v) is 1.21. The highest BCUT2D eigenvalue weighted by Gasteiger charge is 2.10. The molecule has 0 atom stereocenters. The summed E-state index contributed by atoms with van der Waals surface area (Å²) in [7, 11) is 0. The van der Waals surface area contributed by atoms with Gasteiger partial charge in [-0.15, -0.1) is 0 Å². The van der Waals surface area contributed by atoms with Crippen LogP contribution >= 0.6 is 0 Å². The van der Waals surface area contributed by atoms with E-state index in [0.717, 1.165) is 0 Å². The number of nitrogens with one attached hydrogen (secondary N) is 1. The summed E-state index contributed by atoms with van der Waals surface area (Å²) in [5, 5.41) is 9.14. The van der Waals surface area contributed by atoms with Crippen LogP contribution in [-0.4, -0.2) is 10.1 Å². The number of H-pyrrole nitrogens is 1. The van der Waals surface area contributed by atoms with Gasteiger partial charge in [0.05, 0.1) is 5.69 Å². The van der Waals surface area contributed by atoms with Crippen LogP contribution in [0.5, 0.6) is 0 Å². The van der Waals surface area contributed by atoms with E-state index in [1.807, 2.05) is 0 Å². The van der Waals surface area contributed by atoms with Gasteiger partial charge in [-0.05, 0) is 12.1 Å². The van der Waals surface area contributed by atoms with Crippen molar-refractivity contribution in [2.24, 2.45) is 5.92 Å². The predicted molar refractivity (Wildman–Crippen MR) is 61.2 cm³/mol. The molecule has 0 amide bonds. The average molecular weight is 227 g/mol. The zero-order chi connectivity index (χ0) is 12.3. The van der Waals surface area contributed by atoms with Gasteiger partial charge in [-0.25, -0.2) is 8.78 Å². The molecule has 0 spiro atoms. The minimum Gasteiger partial charge on any atom is -0.506 e. The van der Waals surface area contributed by atoms with Gasteiger partial charge in [-0.1, -0.05) is 20.4 Å². The summed E-state index contributed by atoms with van der Waals surface area (Å²) in [6.45, 7) is 6.00. The highest BCUT2D eigenvalue weighted by Crippen LogP contribution is 2.22. The second-order valence-electron chi connectivity index (χ2n) is 3.89. The molecule has 88 valence electrons. The number of aliphatic hydroxyl groups excluding tert-OH is 1. The van der Waals surface area contributed by atoms with Crippen molar-refractivity contribution in [3.8, 4) is 0 Å². The summed E-state index contributed by atoms with van der Waals surface area (Å²) in [6.07, 6.45) is 1.24. The number of halogens is 2. The lowest BCUT2D eigenvalue weighted by Gasteiger charge is -2.00. The zero-order valence-corrected chi connectivity index (χ0v) is 9.35. The molecule has 1 rings (SSSR count). The first-order valence-corrected chi connectivity index (χ1v) is 4.99. The van der Waals surface area contributed by atoms with E-state index in [0.29, 0.717) is 17.0 Å². The lowest BCUT2D eigenvalue weighted by Crippen LogP contribution is -1.89. The van der Waals surface area contributed by atoms with Crippen LogP contribution in [0.2, 0.25) is 0 Å². The Kier molecular flexibility index (Phi) is 3.88. The van der Waals surface area contributed by atoms with E-state index >= 15 is 0 Å². The van der Waals surface area contributed by atoms with Crippen LogP contribution < -0.4 is 0 Å².